The van der Waals surface area contributed by atoms with Crippen LogP contribution in [0.2, 0.25) is 5.02 Å². The van der Waals surface area contributed by atoms with Crippen molar-refractivity contribution < 1.29 is 0 Å². The van der Waals surface area contributed by atoms with Crippen molar-refractivity contribution in [2.24, 2.45) is 5.92 Å². The summed E-state index contributed by atoms with van der Waals surface area (Å²) < 4.78 is 0. The van der Waals surface area contributed by atoms with Gasteiger partial charge in [-0.2, -0.15) is 0 Å². The molecule has 0 radical (unpaired) electrons. The highest BCUT2D eigenvalue weighted by molar-refractivity contribution is 6.31. The number of halogens is 1. The SMILES string of the molecule is CC[C@@H](c1ccc(Cl)c(C)c1)C(C)C. The van der Waals surface area contributed by atoms with E-state index in [9.17, 15) is 0 Å². The van der Waals surface area contributed by atoms with Crippen molar-refractivity contribution in [2.45, 2.75) is 40.0 Å². The Labute approximate surface area is 92.3 Å². The number of aryl methyl sites for hydroxylation is 1. The second-order valence-corrected chi connectivity index (χ2v) is 4.67. The van der Waals surface area contributed by atoms with E-state index in [-0.39, 0.29) is 0 Å². The largest absolute Gasteiger partial charge is 0.0841 e. The van der Waals surface area contributed by atoms with Crippen LogP contribution in [0.1, 0.15) is 44.2 Å². The molecule has 1 heteroatoms. The third-order valence-corrected chi connectivity index (χ3v) is 3.28. The second-order valence-electron chi connectivity index (χ2n) is 4.27. The molecule has 0 aromatic heterocycles. The summed E-state index contributed by atoms with van der Waals surface area (Å²) in [5.41, 5.74) is 2.60. The number of hydrogen-bond donors (Lipinski definition) is 0. The summed E-state index contributed by atoms with van der Waals surface area (Å²) >= 11 is 6.01. The molecule has 0 aliphatic carbocycles. The van der Waals surface area contributed by atoms with E-state index in [1.807, 2.05) is 6.07 Å². The average Bonchev–Trinajstić information content (AvgIpc) is 2.11. The molecule has 0 bridgehead atoms. The third kappa shape index (κ3) is 2.51. The van der Waals surface area contributed by atoms with Gasteiger partial charge in [0, 0.05) is 5.02 Å². The summed E-state index contributed by atoms with van der Waals surface area (Å²) in [5, 5.41) is 0.868. The maximum absolute atomic E-state index is 6.01. The molecule has 0 fully saturated rings. The van der Waals surface area contributed by atoms with E-state index >= 15 is 0 Å². The molecule has 78 valence electrons. The quantitative estimate of drug-likeness (QED) is 0.673. The van der Waals surface area contributed by atoms with E-state index in [1.165, 1.54) is 17.5 Å². The van der Waals surface area contributed by atoms with E-state index in [0.29, 0.717) is 11.8 Å². The van der Waals surface area contributed by atoms with Gasteiger partial charge in [0.05, 0.1) is 0 Å². The van der Waals surface area contributed by atoms with Gasteiger partial charge in [-0.05, 0) is 42.4 Å². The zero-order valence-corrected chi connectivity index (χ0v) is 10.2. The summed E-state index contributed by atoms with van der Waals surface area (Å²) in [6.45, 7) is 8.86. The lowest BCUT2D eigenvalue weighted by molar-refractivity contribution is 0.485. The predicted octanol–water partition coefficient (Wildman–Crippen LogP) is 4.80. The molecule has 0 amide bonds. The lowest BCUT2D eigenvalue weighted by Crippen LogP contribution is -2.05. The summed E-state index contributed by atoms with van der Waals surface area (Å²) in [4.78, 5) is 0. The molecule has 14 heavy (non-hydrogen) atoms. The van der Waals surface area contributed by atoms with Gasteiger partial charge in [-0.15, -0.1) is 0 Å². The average molecular weight is 211 g/mol. The summed E-state index contributed by atoms with van der Waals surface area (Å²) in [6.07, 6.45) is 1.19. The lowest BCUT2D eigenvalue weighted by Gasteiger charge is -2.20. The van der Waals surface area contributed by atoms with Crippen LogP contribution in [0, 0.1) is 12.8 Å². The van der Waals surface area contributed by atoms with E-state index in [4.69, 9.17) is 11.6 Å². The topological polar surface area (TPSA) is 0 Å². The molecule has 1 atom stereocenters. The summed E-state index contributed by atoms with van der Waals surface area (Å²) in [6, 6.07) is 6.39. The molecule has 0 heterocycles. The van der Waals surface area contributed by atoms with Crippen LogP contribution in [-0.2, 0) is 0 Å². The molecule has 1 aromatic rings. The monoisotopic (exact) mass is 210 g/mol. The molecule has 0 aliphatic heterocycles. The first kappa shape index (κ1) is 11.6. The van der Waals surface area contributed by atoms with E-state index in [2.05, 4.69) is 39.8 Å². The fourth-order valence-corrected chi connectivity index (χ4v) is 2.11. The van der Waals surface area contributed by atoms with E-state index in [0.717, 1.165) is 5.02 Å². The van der Waals surface area contributed by atoms with Crippen LogP contribution in [0.5, 0.6) is 0 Å². The predicted molar refractivity (Wildman–Crippen MR) is 64.1 cm³/mol. The first-order valence-corrected chi connectivity index (χ1v) is 5.70. The van der Waals surface area contributed by atoms with Crippen molar-refractivity contribution in [3.63, 3.8) is 0 Å². The standard InChI is InChI=1S/C13H19Cl/c1-5-12(9(2)3)11-6-7-13(14)10(4)8-11/h6-9,12H,5H2,1-4H3/t12-/m1/s1. The molecule has 0 saturated heterocycles. The van der Waals surface area contributed by atoms with Crippen LogP contribution in [0.25, 0.3) is 0 Å². The van der Waals surface area contributed by atoms with Crippen molar-refractivity contribution in [3.8, 4) is 0 Å². The molecular formula is C13H19Cl. The Morgan fingerprint density at radius 2 is 1.93 bits per heavy atom. The zero-order chi connectivity index (χ0) is 10.7. The highest BCUT2D eigenvalue weighted by Gasteiger charge is 2.13. The summed E-state index contributed by atoms with van der Waals surface area (Å²) in [5.74, 6) is 1.35. The Balaban J connectivity index is 3.00. The number of hydrogen-bond acceptors (Lipinski definition) is 0. The van der Waals surface area contributed by atoms with E-state index < -0.39 is 0 Å². The van der Waals surface area contributed by atoms with Gasteiger partial charge < -0.3 is 0 Å². The van der Waals surface area contributed by atoms with Crippen molar-refractivity contribution in [2.75, 3.05) is 0 Å². The normalized spacial score (nSPS) is 13.3. The number of benzene rings is 1. The van der Waals surface area contributed by atoms with Gasteiger partial charge >= 0.3 is 0 Å². The van der Waals surface area contributed by atoms with Crippen LogP contribution in [0.15, 0.2) is 18.2 Å². The highest BCUT2D eigenvalue weighted by Crippen LogP contribution is 2.29. The second kappa shape index (κ2) is 4.84. The van der Waals surface area contributed by atoms with Crippen molar-refractivity contribution >= 4 is 11.6 Å². The minimum atomic E-state index is 0.658. The third-order valence-electron chi connectivity index (χ3n) is 2.85. The molecule has 1 aromatic carbocycles. The van der Waals surface area contributed by atoms with E-state index in [1.54, 1.807) is 0 Å². The molecule has 0 nitrogen and oxygen atoms in total. The van der Waals surface area contributed by atoms with Gasteiger partial charge in [0.25, 0.3) is 0 Å². The van der Waals surface area contributed by atoms with Crippen LogP contribution < -0.4 is 0 Å². The lowest BCUT2D eigenvalue weighted by atomic mass is 9.86. The molecule has 1 rings (SSSR count). The molecule has 0 spiro atoms. The van der Waals surface area contributed by atoms with Crippen LogP contribution >= 0.6 is 11.6 Å². The highest BCUT2D eigenvalue weighted by atomic mass is 35.5. The first-order chi connectivity index (χ1) is 6.56. The Morgan fingerprint density at radius 3 is 2.36 bits per heavy atom. The van der Waals surface area contributed by atoms with Gasteiger partial charge in [-0.1, -0.05) is 44.5 Å². The van der Waals surface area contributed by atoms with Gasteiger partial charge in [-0.25, -0.2) is 0 Å². The zero-order valence-electron chi connectivity index (χ0n) is 9.47. The van der Waals surface area contributed by atoms with Crippen molar-refractivity contribution in [3.05, 3.63) is 34.3 Å². The molecule has 0 N–H and O–H groups in total. The first-order valence-electron chi connectivity index (χ1n) is 5.32. The smallest absolute Gasteiger partial charge is 0.0435 e. The van der Waals surface area contributed by atoms with Gasteiger partial charge in [0.2, 0.25) is 0 Å². The summed E-state index contributed by atoms with van der Waals surface area (Å²) in [7, 11) is 0. The Bertz CT molecular complexity index is 302. The fraction of sp³-hybridized carbons (Fsp3) is 0.538. The van der Waals surface area contributed by atoms with Gasteiger partial charge in [0.1, 0.15) is 0 Å². The Morgan fingerprint density at radius 1 is 1.29 bits per heavy atom. The number of rotatable bonds is 3. The maximum atomic E-state index is 6.01. The van der Waals surface area contributed by atoms with Crippen molar-refractivity contribution in [1.29, 1.82) is 0 Å². The maximum Gasteiger partial charge on any atom is 0.0435 e. The van der Waals surface area contributed by atoms with Crippen LogP contribution in [0.4, 0.5) is 0 Å². The minimum absolute atomic E-state index is 0.658. The fourth-order valence-electron chi connectivity index (χ4n) is 1.99. The van der Waals surface area contributed by atoms with Crippen LogP contribution in [-0.4, -0.2) is 0 Å². The molecule has 0 aliphatic rings. The van der Waals surface area contributed by atoms with Gasteiger partial charge in [-0.3, -0.25) is 0 Å². The Kier molecular flexibility index (Phi) is 4.00. The molecular weight excluding hydrogens is 192 g/mol. The Hall–Kier alpha value is -0.490. The molecule has 0 unspecified atom stereocenters. The minimum Gasteiger partial charge on any atom is -0.0841 e. The van der Waals surface area contributed by atoms with Gasteiger partial charge in [0.15, 0.2) is 0 Å². The van der Waals surface area contributed by atoms with Crippen LogP contribution in [0.3, 0.4) is 0 Å². The van der Waals surface area contributed by atoms with Crippen molar-refractivity contribution in [1.82, 2.24) is 0 Å². The molecule has 0 saturated carbocycles.